The number of carbonyl (C=O) groups is 2. The van der Waals surface area contributed by atoms with Crippen LogP contribution in [0.1, 0.15) is 28.1 Å². The van der Waals surface area contributed by atoms with Crippen LogP contribution in [0.25, 0.3) is 11.8 Å². The summed E-state index contributed by atoms with van der Waals surface area (Å²) in [4.78, 5) is 29.8. The number of nitrogens with zero attached hydrogens (tertiary/aromatic N) is 3. The van der Waals surface area contributed by atoms with Crippen LogP contribution in [0.4, 0.5) is 10.5 Å². The standard InChI is InChI=1S/C30H32BrN3O4S/c1-19-5-6-20(2)27(15-19)38-14-11-33-29(35)28(39-30(33)36)17-23-16-21(3)34(22(23)4)24-7-8-26(25(31)18-24)32-9-12-37-13-10-32/h5-8,15-18H,9-14H2,1-4H3/b28-17-. The molecule has 2 fully saturated rings. The number of hydrogen-bond donors (Lipinski definition) is 0. The van der Waals surface area contributed by atoms with Crippen LogP contribution in [0, 0.1) is 27.7 Å². The zero-order valence-electron chi connectivity index (χ0n) is 22.6. The van der Waals surface area contributed by atoms with Crippen LogP contribution < -0.4 is 9.64 Å². The molecule has 0 spiro atoms. The summed E-state index contributed by atoms with van der Waals surface area (Å²) >= 11 is 4.74. The lowest BCUT2D eigenvalue weighted by molar-refractivity contribution is -0.123. The number of imide groups is 1. The summed E-state index contributed by atoms with van der Waals surface area (Å²) in [7, 11) is 0. The van der Waals surface area contributed by atoms with Crippen LogP contribution in [-0.4, -0.2) is 60.1 Å². The van der Waals surface area contributed by atoms with Crippen molar-refractivity contribution >= 4 is 50.6 Å². The molecule has 0 bridgehead atoms. The summed E-state index contributed by atoms with van der Waals surface area (Å²) in [6.45, 7) is 11.7. The van der Waals surface area contributed by atoms with Crippen molar-refractivity contribution in [1.29, 1.82) is 0 Å². The average molecular weight is 611 g/mol. The van der Waals surface area contributed by atoms with E-state index in [4.69, 9.17) is 9.47 Å². The second-order valence-electron chi connectivity index (χ2n) is 9.85. The number of rotatable bonds is 7. The predicted molar refractivity (Wildman–Crippen MR) is 160 cm³/mol. The van der Waals surface area contributed by atoms with Crippen molar-refractivity contribution in [3.8, 4) is 11.4 Å². The van der Waals surface area contributed by atoms with Gasteiger partial charge in [0.2, 0.25) is 0 Å². The Morgan fingerprint density at radius 1 is 1.03 bits per heavy atom. The van der Waals surface area contributed by atoms with Gasteiger partial charge in [-0.3, -0.25) is 14.5 Å². The highest BCUT2D eigenvalue weighted by Gasteiger charge is 2.35. The molecule has 2 aromatic carbocycles. The molecule has 0 unspecified atom stereocenters. The molecule has 0 aliphatic carbocycles. The molecular weight excluding hydrogens is 578 g/mol. The van der Waals surface area contributed by atoms with Crippen molar-refractivity contribution in [2.75, 3.05) is 44.4 Å². The number of thioether (sulfide) groups is 1. The van der Waals surface area contributed by atoms with E-state index in [1.54, 1.807) is 0 Å². The topological polar surface area (TPSA) is 64.0 Å². The van der Waals surface area contributed by atoms with Crippen molar-refractivity contribution in [3.63, 3.8) is 0 Å². The minimum Gasteiger partial charge on any atom is -0.491 e. The minimum absolute atomic E-state index is 0.206. The molecule has 7 nitrogen and oxygen atoms in total. The van der Waals surface area contributed by atoms with Gasteiger partial charge in [-0.15, -0.1) is 0 Å². The van der Waals surface area contributed by atoms with Crippen molar-refractivity contribution in [3.05, 3.63) is 79.9 Å². The lowest BCUT2D eigenvalue weighted by atomic mass is 10.1. The molecule has 39 heavy (non-hydrogen) atoms. The molecule has 0 saturated carbocycles. The Bertz CT molecular complexity index is 1460. The summed E-state index contributed by atoms with van der Waals surface area (Å²) < 4.78 is 14.6. The number of ether oxygens (including phenoxy) is 2. The van der Waals surface area contributed by atoms with E-state index in [9.17, 15) is 9.59 Å². The maximum atomic E-state index is 13.1. The summed E-state index contributed by atoms with van der Waals surface area (Å²) in [6, 6.07) is 14.4. The first-order valence-corrected chi connectivity index (χ1v) is 14.6. The first-order valence-electron chi connectivity index (χ1n) is 13.0. The second-order valence-corrected chi connectivity index (χ2v) is 11.7. The van der Waals surface area contributed by atoms with Crippen LogP contribution in [0.5, 0.6) is 5.75 Å². The van der Waals surface area contributed by atoms with Gasteiger partial charge in [-0.2, -0.15) is 0 Å². The van der Waals surface area contributed by atoms with Gasteiger partial charge in [-0.1, -0.05) is 12.1 Å². The van der Waals surface area contributed by atoms with E-state index >= 15 is 0 Å². The Morgan fingerprint density at radius 3 is 2.54 bits per heavy atom. The number of benzene rings is 2. The van der Waals surface area contributed by atoms with Crippen molar-refractivity contribution in [2.24, 2.45) is 0 Å². The molecule has 9 heteroatoms. The van der Waals surface area contributed by atoms with Gasteiger partial charge in [-0.25, -0.2) is 0 Å². The molecule has 3 heterocycles. The zero-order chi connectivity index (χ0) is 27.7. The number of aryl methyl sites for hydroxylation is 3. The Morgan fingerprint density at radius 2 is 1.79 bits per heavy atom. The van der Waals surface area contributed by atoms with Gasteiger partial charge in [-0.05, 0) is 108 Å². The van der Waals surface area contributed by atoms with Gasteiger partial charge < -0.3 is 18.9 Å². The number of halogens is 1. The molecule has 1 aromatic heterocycles. The van der Waals surface area contributed by atoms with Crippen molar-refractivity contribution in [2.45, 2.75) is 27.7 Å². The lowest BCUT2D eigenvalue weighted by Gasteiger charge is -2.30. The number of amides is 2. The van der Waals surface area contributed by atoms with Crippen LogP contribution in [0.2, 0.25) is 0 Å². The van der Waals surface area contributed by atoms with Crippen LogP contribution in [0.3, 0.4) is 0 Å². The molecule has 2 aliphatic heterocycles. The van der Waals surface area contributed by atoms with E-state index in [-0.39, 0.29) is 24.3 Å². The van der Waals surface area contributed by atoms with Gasteiger partial charge in [0.15, 0.2) is 0 Å². The third-order valence-corrected chi connectivity index (χ3v) is 8.63. The summed E-state index contributed by atoms with van der Waals surface area (Å²) in [6.07, 6.45) is 1.83. The number of carbonyl (C=O) groups excluding carboxylic acids is 2. The molecule has 2 saturated heterocycles. The molecule has 3 aromatic rings. The van der Waals surface area contributed by atoms with E-state index in [0.717, 1.165) is 87.7 Å². The van der Waals surface area contributed by atoms with Crippen LogP contribution in [-0.2, 0) is 9.53 Å². The first kappa shape index (κ1) is 27.6. The molecular formula is C30H32BrN3O4S. The molecule has 0 N–H and O–H groups in total. The number of aromatic nitrogens is 1. The lowest BCUT2D eigenvalue weighted by Crippen LogP contribution is -2.36. The zero-order valence-corrected chi connectivity index (χ0v) is 25.0. The Kier molecular flexibility index (Phi) is 8.21. The fourth-order valence-electron chi connectivity index (χ4n) is 4.97. The maximum absolute atomic E-state index is 13.1. The quantitative estimate of drug-likeness (QED) is 0.288. The average Bonchev–Trinajstić information content (AvgIpc) is 3.34. The third-order valence-electron chi connectivity index (χ3n) is 7.09. The molecule has 204 valence electrons. The predicted octanol–water partition coefficient (Wildman–Crippen LogP) is 6.43. The summed E-state index contributed by atoms with van der Waals surface area (Å²) in [5.41, 5.74) is 7.27. The van der Waals surface area contributed by atoms with E-state index in [0.29, 0.717) is 4.91 Å². The van der Waals surface area contributed by atoms with Gasteiger partial charge in [0.25, 0.3) is 11.1 Å². The van der Waals surface area contributed by atoms with Gasteiger partial charge in [0, 0.05) is 34.6 Å². The van der Waals surface area contributed by atoms with Crippen LogP contribution in [0.15, 0.2) is 51.8 Å². The van der Waals surface area contributed by atoms with Crippen molar-refractivity contribution < 1.29 is 19.1 Å². The smallest absolute Gasteiger partial charge is 0.293 e. The SMILES string of the molecule is Cc1ccc(C)c(OCCN2C(=O)S/C(=C\c3cc(C)n(-c4ccc(N5CCOCC5)c(Br)c4)c3C)C2=O)c1. The number of hydrogen-bond acceptors (Lipinski definition) is 6. The second kappa shape index (κ2) is 11.6. The Balaban J connectivity index is 1.31. The molecule has 2 aliphatic rings. The molecule has 5 rings (SSSR count). The first-order chi connectivity index (χ1) is 18.7. The fourth-order valence-corrected chi connectivity index (χ4v) is 6.44. The van der Waals surface area contributed by atoms with Crippen LogP contribution >= 0.6 is 27.7 Å². The highest BCUT2D eigenvalue weighted by atomic mass is 79.9. The fraction of sp³-hybridized carbons (Fsp3) is 0.333. The van der Waals surface area contributed by atoms with Gasteiger partial charge in [0.05, 0.1) is 30.4 Å². The highest BCUT2D eigenvalue weighted by molar-refractivity contribution is 9.10. The maximum Gasteiger partial charge on any atom is 0.293 e. The van der Waals surface area contributed by atoms with E-state index in [1.165, 1.54) is 4.90 Å². The normalized spacial score (nSPS) is 17.0. The number of anilines is 1. The van der Waals surface area contributed by atoms with Gasteiger partial charge in [0.1, 0.15) is 12.4 Å². The third kappa shape index (κ3) is 5.81. The monoisotopic (exact) mass is 609 g/mol. The highest BCUT2D eigenvalue weighted by Crippen LogP contribution is 2.35. The Labute approximate surface area is 241 Å². The largest absolute Gasteiger partial charge is 0.491 e. The molecule has 0 radical (unpaired) electrons. The van der Waals surface area contributed by atoms with Crippen molar-refractivity contribution in [1.82, 2.24) is 9.47 Å². The van der Waals surface area contributed by atoms with E-state index in [1.807, 2.05) is 52.0 Å². The number of morpholine rings is 1. The molecule has 0 atom stereocenters. The Hall–Kier alpha value is -3.01. The summed E-state index contributed by atoms with van der Waals surface area (Å²) in [5, 5.41) is -0.271. The molecule has 2 amide bonds. The minimum atomic E-state index is -0.281. The van der Waals surface area contributed by atoms with Gasteiger partial charge >= 0.3 is 0 Å². The summed E-state index contributed by atoms with van der Waals surface area (Å²) in [5.74, 6) is 0.492. The van der Waals surface area contributed by atoms with E-state index < -0.39 is 0 Å². The van der Waals surface area contributed by atoms with E-state index in [2.05, 4.69) is 49.7 Å².